The summed E-state index contributed by atoms with van der Waals surface area (Å²) in [6.45, 7) is 4.44. The molecule has 138 valence electrons. The molecular formula is C20H27N5O. The van der Waals surface area contributed by atoms with Crippen LogP contribution in [0.4, 0.5) is 0 Å². The number of imidazole rings is 1. The van der Waals surface area contributed by atoms with Gasteiger partial charge < -0.3 is 9.47 Å². The molecule has 1 spiro atoms. The highest BCUT2D eigenvalue weighted by atomic mass is 16.2. The van der Waals surface area contributed by atoms with E-state index in [4.69, 9.17) is 0 Å². The molecule has 0 unspecified atom stereocenters. The van der Waals surface area contributed by atoms with Crippen molar-refractivity contribution in [2.45, 2.75) is 38.8 Å². The van der Waals surface area contributed by atoms with Gasteiger partial charge in [-0.15, -0.1) is 0 Å². The molecule has 6 nitrogen and oxygen atoms in total. The zero-order valence-corrected chi connectivity index (χ0v) is 15.5. The second kappa shape index (κ2) is 7.19. The summed E-state index contributed by atoms with van der Waals surface area (Å²) in [6, 6.07) is 3.99. The van der Waals surface area contributed by atoms with Gasteiger partial charge in [0, 0.05) is 45.3 Å². The lowest BCUT2D eigenvalue weighted by Gasteiger charge is -2.46. The molecule has 2 aromatic heterocycles. The summed E-state index contributed by atoms with van der Waals surface area (Å²) < 4.78 is 2.08. The van der Waals surface area contributed by atoms with Crippen LogP contribution in [-0.2, 0) is 24.9 Å². The average Bonchev–Trinajstić information content (AvgIpc) is 3.07. The lowest BCUT2D eigenvalue weighted by molar-refractivity contribution is -0.150. The van der Waals surface area contributed by atoms with E-state index in [2.05, 4.69) is 30.4 Å². The van der Waals surface area contributed by atoms with Gasteiger partial charge in [-0.25, -0.2) is 4.98 Å². The number of piperidine rings is 2. The molecule has 1 amide bonds. The lowest BCUT2D eigenvalue weighted by Crippen LogP contribution is -2.53. The van der Waals surface area contributed by atoms with Crippen molar-refractivity contribution in [3.05, 3.63) is 48.3 Å². The first-order valence-corrected chi connectivity index (χ1v) is 9.52. The third-order valence-corrected chi connectivity index (χ3v) is 6.04. The van der Waals surface area contributed by atoms with E-state index in [1.165, 1.54) is 5.69 Å². The van der Waals surface area contributed by atoms with Crippen LogP contribution in [-0.4, -0.2) is 49.9 Å². The van der Waals surface area contributed by atoms with Gasteiger partial charge in [0.15, 0.2) is 0 Å². The number of rotatable bonds is 4. The molecule has 0 saturated carbocycles. The fraction of sp³-hybridized carbons (Fsp3) is 0.550. The molecule has 6 heteroatoms. The standard InChI is InChI=1S/C20H27N5O/c1-23-16-22-13-18(23)15-24-10-6-20(7-11-24)5-3-9-25(19(20)26)14-17-4-2-8-21-12-17/h2,4,8,12-13,16H,3,5-7,9-11,14-15H2,1H3. The summed E-state index contributed by atoms with van der Waals surface area (Å²) in [7, 11) is 2.04. The Morgan fingerprint density at radius 2 is 1.92 bits per heavy atom. The average molecular weight is 353 g/mol. The normalized spacial score (nSPS) is 20.7. The predicted molar refractivity (Wildman–Crippen MR) is 99.0 cm³/mol. The number of likely N-dealkylation sites (tertiary alicyclic amines) is 2. The molecule has 2 aliphatic heterocycles. The van der Waals surface area contributed by atoms with E-state index < -0.39 is 0 Å². The van der Waals surface area contributed by atoms with E-state index in [9.17, 15) is 4.79 Å². The first-order chi connectivity index (χ1) is 12.7. The number of hydrogen-bond acceptors (Lipinski definition) is 4. The molecule has 0 atom stereocenters. The maximum absolute atomic E-state index is 13.3. The van der Waals surface area contributed by atoms with Crippen molar-refractivity contribution in [1.29, 1.82) is 0 Å². The quantitative estimate of drug-likeness (QED) is 0.846. The van der Waals surface area contributed by atoms with E-state index >= 15 is 0 Å². The maximum Gasteiger partial charge on any atom is 0.229 e. The SMILES string of the molecule is Cn1cncc1CN1CCC2(CCCN(Cc3cccnc3)C2=O)CC1. The van der Waals surface area contributed by atoms with Gasteiger partial charge in [0.2, 0.25) is 5.91 Å². The number of pyridine rings is 1. The number of carbonyl (C=O) groups is 1. The summed E-state index contributed by atoms with van der Waals surface area (Å²) in [5.41, 5.74) is 2.20. The Kier molecular flexibility index (Phi) is 4.76. The Balaban J connectivity index is 1.39. The smallest absolute Gasteiger partial charge is 0.229 e. The van der Waals surface area contributed by atoms with Crippen molar-refractivity contribution in [3.8, 4) is 0 Å². The number of nitrogens with zero attached hydrogens (tertiary/aromatic N) is 5. The van der Waals surface area contributed by atoms with Crippen LogP contribution in [0.2, 0.25) is 0 Å². The molecule has 0 radical (unpaired) electrons. The van der Waals surface area contributed by atoms with Gasteiger partial charge >= 0.3 is 0 Å². The number of carbonyl (C=O) groups excluding carboxylic acids is 1. The topological polar surface area (TPSA) is 54.3 Å². The van der Waals surface area contributed by atoms with E-state index in [1.807, 2.05) is 31.8 Å². The largest absolute Gasteiger partial charge is 0.338 e. The summed E-state index contributed by atoms with van der Waals surface area (Å²) >= 11 is 0. The fourth-order valence-corrected chi connectivity index (χ4v) is 4.38. The second-order valence-electron chi connectivity index (χ2n) is 7.74. The molecule has 2 fully saturated rings. The first-order valence-electron chi connectivity index (χ1n) is 9.52. The molecule has 2 aromatic rings. The third kappa shape index (κ3) is 3.38. The van der Waals surface area contributed by atoms with E-state index in [-0.39, 0.29) is 5.41 Å². The van der Waals surface area contributed by atoms with Crippen molar-refractivity contribution >= 4 is 5.91 Å². The summed E-state index contributed by atoms with van der Waals surface area (Å²) in [6.07, 6.45) is 11.5. The second-order valence-corrected chi connectivity index (χ2v) is 7.74. The van der Waals surface area contributed by atoms with Crippen molar-refractivity contribution < 1.29 is 4.79 Å². The highest BCUT2D eigenvalue weighted by molar-refractivity contribution is 5.83. The summed E-state index contributed by atoms with van der Waals surface area (Å²) in [5.74, 6) is 0.354. The van der Waals surface area contributed by atoms with Crippen LogP contribution >= 0.6 is 0 Å². The van der Waals surface area contributed by atoms with Gasteiger partial charge in [-0.05, 0) is 50.4 Å². The van der Waals surface area contributed by atoms with Crippen LogP contribution in [0.3, 0.4) is 0 Å². The molecule has 2 aliphatic rings. The molecule has 0 bridgehead atoms. The van der Waals surface area contributed by atoms with Gasteiger partial charge in [-0.2, -0.15) is 0 Å². The molecule has 0 aliphatic carbocycles. The molecule has 4 rings (SSSR count). The van der Waals surface area contributed by atoms with Gasteiger partial charge in [-0.1, -0.05) is 6.07 Å². The first kappa shape index (κ1) is 17.2. The number of hydrogen-bond donors (Lipinski definition) is 0. The highest BCUT2D eigenvalue weighted by Crippen LogP contribution is 2.41. The fourth-order valence-electron chi connectivity index (χ4n) is 4.38. The van der Waals surface area contributed by atoms with Crippen molar-refractivity contribution in [2.75, 3.05) is 19.6 Å². The monoisotopic (exact) mass is 353 g/mol. The van der Waals surface area contributed by atoms with Crippen LogP contribution in [0.25, 0.3) is 0 Å². The van der Waals surface area contributed by atoms with Crippen molar-refractivity contribution in [1.82, 2.24) is 24.3 Å². The van der Waals surface area contributed by atoms with Crippen molar-refractivity contribution in [3.63, 3.8) is 0 Å². The van der Waals surface area contributed by atoms with E-state index in [0.29, 0.717) is 12.5 Å². The maximum atomic E-state index is 13.3. The van der Waals surface area contributed by atoms with Gasteiger partial charge in [0.1, 0.15) is 0 Å². The van der Waals surface area contributed by atoms with Crippen LogP contribution < -0.4 is 0 Å². The summed E-state index contributed by atoms with van der Waals surface area (Å²) in [4.78, 5) is 26.1. The predicted octanol–water partition coefficient (Wildman–Crippen LogP) is 2.22. The Hall–Kier alpha value is -2.21. The minimum Gasteiger partial charge on any atom is -0.338 e. The number of aromatic nitrogens is 3. The number of amides is 1. The van der Waals surface area contributed by atoms with Crippen LogP contribution in [0.1, 0.15) is 36.9 Å². The minimum absolute atomic E-state index is 0.149. The molecule has 0 aromatic carbocycles. The van der Waals surface area contributed by atoms with Crippen LogP contribution in [0, 0.1) is 5.41 Å². The number of aryl methyl sites for hydroxylation is 1. The molecular weight excluding hydrogens is 326 g/mol. The Morgan fingerprint density at radius 3 is 2.62 bits per heavy atom. The Morgan fingerprint density at radius 1 is 1.08 bits per heavy atom. The molecule has 0 N–H and O–H groups in total. The van der Waals surface area contributed by atoms with Gasteiger partial charge in [0.05, 0.1) is 17.4 Å². The molecule has 2 saturated heterocycles. The highest BCUT2D eigenvalue weighted by Gasteiger charge is 2.45. The van der Waals surface area contributed by atoms with E-state index in [1.54, 1.807) is 6.20 Å². The van der Waals surface area contributed by atoms with Crippen LogP contribution in [0.5, 0.6) is 0 Å². The van der Waals surface area contributed by atoms with Gasteiger partial charge in [0.25, 0.3) is 0 Å². The van der Waals surface area contributed by atoms with Gasteiger partial charge in [-0.3, -0.25) is 14.7 Å². The molecule has 26 heavy (non-hydrogen) atoms. The van der Waals surface area contributed by atoms with E-state index in [0.717, 1.165) is 57.4 Å². The third-order valence-electron chi connectivity index (χ3n) is 6.04. The zero-order chi connectivity index (χ0) is 18.0. The van der Waals surface area contributed by atoms with Crippen molar-refractivity contribution in [2.24, 2.45) is 12.5 Å². The Labute approximate surface area is 154 Å². The van der Waals surface area contributed by atoms with Crippen LogP contribution in [0.15, 0.2) is 37.1 Å². The Bertz CT molecular complexity index is 749. The summed E-state index contributed by atoms with van der Waals surface area (Å²) in [5, 5.41) is 0. The molecule has 4 heterocycles. The lowest BCUT2D eigenvalue weighted by atomic mass is 9.71. The zero-order valence-electron chi connectivity index (χ0n) is 15.5. The minimum atomic E-state index is -0.149.